The van der Waals surface area contributed by atoms with Gasteiger partial charge in [-0.25, -0.2) is 4.79 Å². The Morgan fingerprint density at radius 2 is 1.86 bits per heavy atom. The molecule has 1 N–H and O–H groups in total. The number of hydrogen-bond donors (Lipinski definition) is 1. The van der Waals surface area contributed by atoms with E-state index >= 15 is 0 Å². The standard InChI is InChI=1S/C14H19N3O4/c1-4-10-7-8-11(9-12(10)17(20)21)13(18)15-14(19)16(5-2)6-3/h7-9H,4-6H2,1-3H3,(H,15,18,19). The minimum absolute atomic E-state index is 0.0967. The number of benzene rings is 1. The summed E-state index contributed by atoms with van der Waals surface area (Å²) >= 11 is 0. The zero-order valence-corrected chi connectivity index (χ0v) is 12.4. The average molecular weight is 293 g/mol. The van der Waals surface area contributed by atoms with Crippen molar-refractivity contribution >= 4 is 17.6 Å². The lowest BCUT2D eigenvalue weighted by Crippen LogP contribution is -2.42. The largest absolute Gasteiger partial charge is 0.325 e. The van der Waals surface area contributed by atoms with Gasteiger partial charge in [-0.1, -0.05) is 13.0 Å². The van der Waals surface area contributed by atoms with Crippen molar-refractivity contribution in [2.24, 2.45) is 0 Å². The monoisotopic (exact) mass is 293 g/mol. The van der Waals surface area contributed by atoms with Crippen LogP contribution < -0.4 is 5.32 Å². The predicted octanol–water partition coefficient (Wildman–Crippen LogP) is 2.35. The summed E-state index contributed by atoms with van der Waals surface area (Å²) in [5.41, 5.74) is 0.534. The van der Waals surface area contributed by atoms with Gasteiger partial charge in [0.1, 0.15) is 0 Å². The molecular formula is C14H19N3O4. The summed E-state index contributed by atoms with van der Waals surface area (Å²) in [7, 11) is 0. The Morgan fingerprint density at radius 1 is 1.24 bits per heavy atom. The van der Waals surface area contributed by atoms with Crippen LogP contribution in [0, 0.1) is 10.1 Å². The summed E-state index contributed by atoms with van der Waals surface area (Å²) in [6, 6.07) is 3.71. The molecule has 7 heteroatoms. The van der Waals surface area contributed by atoms with E-state index in [2.05, 4.69) is 5.32 Å². The summed E-state index contributed by atoms with van der Waals surface area (Å²) in [5.74, 6) is -0.641. The number of amides is 3. The maximum Gasteiger partial charge on any atom is 0.324 e. The van der Waals surface area contributed by atoms with Gasteiger partial charge in [-0.15, -0.1) is 0 Å². The minimum Gasteiger partial charge on any atom is -0.325 e. The van der Waals surface area contributed by atoms with E-state index in [0.717, 1.165) is 0 Å². The highest BCUT2D eigenvalue weighted by Crippen LogP contribution is 2.20. The number of urea groups is 1. The molecule has 0 saturated heterocycles. The molecule has 114 valence electrons. The molecule has 0 saturated carbocycles. The third-order valence-electron chi connectivity index (χ3n) is 3.20. The van der Waals surface area contributed by atoms with Gasteiger partial charge >= 0.3 is 6.03 Å². The van der Waals surface area contributed by atoms with Crippen molar-refractivity contribution in [2.75, 3.05) is 13.1 Å². The van der Waals surface area contributed by atoms with Crippen molar-refractivity contribution in [3.8, 4) is 0 Å². The van der Waals surface area contributed by atoms with Crippen molar-refractivity contribution < 1.29 is 14.5 Å². The molecule has 3 amide bonds. The molecule has 0 radical (unpaired) electrons. The fourth-order valence-electron chi connectivity index (χ4n) is 1.93. The molecule has 0 spiro atoms. The van der Waals surface area contributed by atoms with Gasteiger partial charge in [0.2, 0.25) is 0 Å². The number of nitro benzene ring substituents is 1. The van der Waals surface area contributed by atoms with Crippen LogP contribution in [-0.4, -0.2) is 34.9 Å². The third kappa shape index (κ3) is 4.01. The van der Waals surface area contributed by atoms with Gasteiger partial charge in [-0.2, -0.15) is 0 Å². The van der Waals surface area contributed by atoms with E-state index in [1.807, 2.05) is 0 Å². The van der Waals surface area contributed by atoms with E-state index in [1.54, 1.807) is 20.8 Å². The Labute approximate surface area is 123 Å². The lowest BCUT2D eigenvalue weighted by atomic mass is 10.1. The van der Waals surface area contributed by atoms with Gasteiger partial charge in [0, 0.05) is 30.3 Å². The fraction of sp³-hybridized carbons (Fsp3) is 0.429. The van der Waals surface area contributed by atoms with Crippen molar-refractivity contribution in [1.29, 1.82) is 0 Å². The van der Waals surface area contributed by atoms with Crippen LogP contribution in [0.3, 0.4) is 0 Å². The highest BCUT2D eigenvalue weighted by molar-refractivity contribution is 6.04. The average Bonchev–Trinajstić information content (AvgIpc) is 2.47. The Kier molecular flexibility index (Phi) is 5.83. The molecular weight excluding hydrogens is 274 g/mol. The first-order valence-corrected chi connectivity index (χ1v) is 6.82. The number of imide groups is 1. The van der Waals surface area contributed by atoms with Crippen molar-refractivity contribution in [2.45, 2.75) is 27.2 Å². The fourth-order valence-corrected chi connectivity index (χ4v) is 1.93. The molecule has 0 heterocycles. The number of rotatable bonds is 5. The van der Waals surface area contributed by atoms with Crippen LogP contribution >= 0.6 is 0 Å². The first-order chi connectivity index (χ1) is 9.94. The molecule has 0 atom stereocenters. The lowest BCUT2D eigenvalue weighted by Gasteiger charge is -2.18. The first-order valence-electron chi connectivity index (χ1n) is 6.82. The smallest absolute Gasteiger partial charge is 0.324 e. The van der Waals surface area contributed by atoms with Gasteiger partial charge in [-0.3, -0.25) is 20.2 Å². The maximum absolute atomic E-state index is 12.0. The molecule has 1 rings (SSSR count). The summed E-state index contributed by atoms with van der Waals surface area (Å²) in [6.45, 7) is 6.35. The highest BCUT2D eigenvalue weighted by atomic mass is 16.6. The van der Waals surface area contributed by atoms with E-state index in [9.17, 15) is 19.7 Å². The van der Waals surface area contributed by atoms with Crippen LogP contribution in [0.25, 0.3) is 0 Å². The number of carbonyl (C=O) groups is 2. The molecule has 0 aromatic heterocycles. The molecule has 7 nitrogen and oxygen atoms in total. The van der Waals surface area contributed by atoms with E-state index in [1.165, 1.54) is 23.1 Å². The highest BCUT2D eigenvalue weighted by Gasteiger charge is 2.19. The lowest BCUT2D eigenvalue weighted by molar-refractivity contribution is -0.385. The van der Waals surface area contributed by atoms with Crippen molar-refractivity contribution in [1.82, 2.24) is 10.2 Å². The van der Waals surface area contributed by atoms with Crippen LogP contribution in [0.1, 0.15) is 36.7 Å². The van der Waals surface area contributed by atoms with Gasteiger partial charge < -0.3 is 4.90 Å². The van der Waals surface area contributed by atoms with Gasteiger partial charge in [-0.05, 0) is 26.3 Å². The van der Waals surface area contributed by atoms with Gasteiger partial charge in [0.05, 0.1) is 4.92 Å². The molecule has 0 bridgehead atoms. The number of nitrogens with zero attached hydrogens (tertiary/aromatic N) is 2. The van der Waals surface area contributed by atoms with E-state index in [0.29, 0.717) is 25.1 Å². The van der Waals surface area contributed by atoms with E-state index in [-0.39, 0.29) is 11.3 Å². The molecule has 0 aliphatic heterocycles. The molecule has 0 aliphatic carbocycles. The first kappa shape index (κ1) is 16.6. The summed E-state index contributed by atoms with van der Waals surface area (Å²) in [4.78, 5) is 35.7. The van der Waals surface area contributed by atoms with Crippen LogP contribution in [0.15, 0.2) is 18.2 Å². The number of hydrogen-bond acceptors (Lipinski definition) is 4. The Balaban J connectivity index is 2.96. The SMILES string of the molecule is CCc1ccc(C(=O)NC(=O)N(CC)CC)cc1[N+](=O)[O-]. The van der Waals surface area contributed by atoms with Gasteiger partial charge in [0.15, 0.2) is 0 Å². The summed E-state index contributed by atoms with van der Waals surface area (Å²) < 4.78 is 0. The number of nitro groups is 1. The summed E-state index contributed by atoms with van der Waals surface area (Å²) in [5, 5.41) is 13.2. The van der Waals surface area contributed by atoms with Gasteiger partial charge in [0.25, 0.3) is 11.6 Å². The topological polar surface area (TPSA) is 92.6 Å². The van der Waals surface area contributed by atoms with Crippen LogP contribution in [-0.2, 0) is 6.42 Å². The third-order valence-corrected chi connectivity index (χ3v) is 3.20. The normalized spacial score (nSPS) is 10.0. The van der Waals surface area contributed by atoms with E-state index in [4.69, 9.17) is 0 Å². The molecule has 0 fully saturated rings. The Hall–Kier alpha value is -2.44. The van der Waals surface area contributed by atoms with Crippen LogP contribution in [0.4, 0.5) is 10.5 Å². The Morgan fingerprint density at radius 3 is 2.33 bits per heavy atom. The molecule has 0 unspecified atom stereocenters. The number of carbonyl (C=O) groups excluding carboxylic acids is 2. The van der Waals surface area contributed by atoms with Crippen molar-refractivity contribution in [3.05, 3.63) is 39.4 Å². The number of nitrogens with one attached hydrogen (secondary N) is 1. The Bertz CT molecular complexity index is 553. The maximum atomic E-state index is 12.0. The second-order valence-corrected chi connectivity index (χ2v) is 4.39. The predicted molar refractivity (Wildman–Crippen MR) is 78.3 cm³/mol. The quantitative estimate of drug-likeness (QED) is 0.666. The second-order valence-electron chi connectivity index (χ2n) is 4.39. The molecule has 1 aromatic carbocycles. The molecule has 0 aliphatic rings. The van der Waals surface area contributed by atoms with E-state index < -0.39 is 16.9 Å². The molecule has 1 aromatic rings. The summed E-state index contributed by atoms with van der Waals surface area (Å²) in [6.07, 6.45) is 0.497. The molecule has 21 heavy (non-hydrogen) atoms. The second kappa shape index (κ2) is 7.37. The van der Waals surface area contributed by atoms with Crippen molar-refractivity contribution in [3.63, 3.8) is 0 Å². The minimum atomic E-state index is -0.641. The zero-order chi connectivity index (χ0) is 16.0. The van der Waals surface area contributed by atoms with Crippen LogP contribution in [0.2, 0.25) is 0 Å². The van der Waals surface area contributed by atoms with Crippen LogP contribution in [0.5, 0.6) is 0 Å². The number of aryl methyl sites for hydroxylation is 1. The zero-order valence-electron chi connectivity index (χ0n) is 12.4.